The van der Waals surface area contributed by atoms with Gasteiger partial charge in [0.05, 0.1) is 17.6 Å². The van der Waals surface area contributed by atoms with E-state index in [0.717, 1.165) is 18.4 Å². The van der Waals surface area contributed by atoms with Gasteiger partial charge in [-0.15, -0.1) is 0 Å². The number of hydrogen-bond acceptors (Lipinski definition) is 5. The van der Waals surface area contributed by atoms with Crippen LogP contribution in [0.5, 0.6) is 0 Å². The summed E-state index contributed by atoms with van der Waals surface area (Å²) in [4.78, 5) is 16.9. The van der Waals surface area contributed by atoms with E-state index in [1.54, 1.807) is 18.3 Å². The van der Waals surface area contributed by atoms with E-state index in [4.69, 9.17) is 4.74 Å². The number of pyridine rings is 1. The molecule has 1 aromatic carbocycles. The fraction of sp³-hybridized carbons (Fsp3) is 0.353. The minimum Gasteiger partial charge on any atom is -0.373 e. The molecular weight excluding hydrogens is 393 g/mol. The first-order chi connectivity index (χ1) is 12.0. The fourth-order valence-corrected chi connectivity index (χ4v) is 3.15. The maximum Gasteiger partial charge on any atom is 0.312 e. The SMILES string of the molecule is O=[N+]([O-])c1cc(Br)cnc1N1CCC(OCc2ccc(F)cc2)CC1. The van der Waals surface area contributed by atoms with Gasteiger partial charge in [0.15, 0.2) is 0 Å². The molecule has 2 heterocycles. The number of nitro groups is 1. The van der Waals surface area contributed by atoms with Crippen molar-refractivity contribution in [3.8, 4) is 0 Å². The molecule has 2 aromatic rings. The molecule has 132 valence electrons. The Morgan fingerprint density at radius 1 is 1.32 bits per heavy atom. The maximum atomic E-state index is 12.9. The van der Waals surface area contributed by atoms with E-state index in [2.05, 4.69) is 20.9 Å². The van der Waals surface area contributed by atoms with Crippen molar-refractivity contribution in [3.05, 3.63) is 62.5 Å². The van der Waals surface area contributed by atoms with Crippen molar-refractivity contribution in [1.29, 1.82) is 0 Å². The molecule has 0 atom stereocenters. The van der Waals surface area contributed by atoms with Gasteiger partial charge in [-0.2, -0.15) is 0 Å². The second kappa shape index (κ2) is 7.88. The first kappa shape index (κ1) is 17.8. The van der Waals surface area contributed by atoms with E-state index in [0.29, 0.717) is 30.0 Å². The Kier molecular flexibility index (Phi) is 5.60. The molecule has 0 radical (unpaired) electrons. The van der Waals surface area contributed by atoms with Crippen LogP contribution in [0.1, 0.15) is 18.4 Å². The Morgan fingerprint density at radius 2 is 2.00 bits per heavy atom. The first-order valence-corrected chi connectivity index (χ1v) is 8.73. The van der Waals surface area contributed by atoms with Crippen LogP contribution < -0.4 is 4.90 Å². The number of anilines is 1. The zero-order chi connectivity index (χ0) is 17.8. The van der Waals surface area contributed by atoms with Crippen LogP contribution in [0.15, 0.2) is 41.0 Å². The fourth-order valence-electron chi connectivity index (χ4n) is 2.83. The number of aromatic nitrogens is 1. The molecular formula is C17H17BrFN3O3. The van der Waals surface area contributed by atoms with Gasteiger partial charge in [0, 0.05) is 29.8 Å². The van der Waals surface area contributed by atoms with Gasteiger partial charge in [0.25, 0.3) is 0 Å². The summed E-state index contributed by atoms with van der Waals surface area (Å²) in [6.45, 7) is 1.72. The summed E-state index contributed by atoms with van der Waals surface area (Å²) in [5.41, 5.74) is 0.925. The van der Waals surface area contributed by atoms with Gasteiger partial charge in [0.1, 0.15) is 5.82 Å². The molecule has 25 heavy (non-hydrogen) atoms. The van der Waals surface area contributed by atoms with Crippen LogP contribution in [0, 0.1) is 15.9 Å². The Labute approximate surface area is 152 Å². The smallest absolute Gasteiger partial charge is 0.312 e. The monoisotopic (exact) mass is 409 g/mol. The Morgan fingerprint density at radius 3 is 2.64 bits per heavy atom. The van der Waals surface area contributed by atoms with Crippen molar-refractivity contribution >= 4 is 27.4 Å². The van der Waals surface area contributed by atoms with Gasteiger partial charge in [-0.1, -0.05) is 12.1 Å². The van der Waals surface area contributed by atoms with Crippen LogP contribution in [0.4, 0.5) is 15.9 Å². The lowest BCUT2D eigenvalue weighted by molar-refractivity contribution is -0.384. The zero-order valence-electron chi connectivity index (χ0n) is 13.4. The molecule has 0 spiro atoms. The summed E-state index contributed by atoms with van der Waals surface area (Å²) in [7, 11) is 0. The van der Waals surface area contributed by atoms with Crippen molar-refractivity contribution in [1.82, 2.24) is 4.98 Å². The van der Waals surface area contributed by atoms with Gasteiger partial charge in [-0.25, -0.2) is 9.37 Å². The number of ether oxygens (including phenoxy) is 1. The Hall–Kier alpha value is -2.06. The summed E-state index contributed by atoms with van der Waals surface area (Å²) >= 11 is 3.22. The summed E-state index contributed by atoms with van der Waals surface area (Å²) in [6, 6.07) is 7.72. The minimum atomic E-state index is -0.412. The summed E-state index contributed by atoms with van der Waals surface area (Å²) in [5, 5.41) is 11.2. The summed E-state index contributed by atoms with van der Waals surface area (Å²) in [5.74, 6) is 0.130. The van der Waals surface area contributed by atoms with Crippen LogP contribution in [-0.4, -0.2) is 29.1 Å². The number of piperidine rings is 1. The van der Waals surface area contributed by atoms with E-state index in [1.165, 1.54) is 18.2 Å². The minimum absolute atomic E-state index is 0.0000514. The maximum absolute atomic E-state index is 12.9. The molecule has 0 saturated carbocycles. The van der Waals surface area contributed by atoms with E-state index >= 15 is 0 Å². The van der Waals surface area contributed by atoms with E-state index < -0.39 is 4.92 Å². The molecule has 1 saturated heterocycles. The van der Waals surface area contributed by atoms with Crippen molar-refractivity contribution in [2.45, 2.75) is 25.6 Å². The third kappa shape index (κ3) is 4.52. The van der Waals surface area contributed by atoms with Gasteiger partial charge in [0.2, 0.25) is 5.82 Å². The first-order valence-electron chi connectivity index (χ1n) is 7.94. The van der Waals surface area contributed by atoms with Gasteiger partial charge >= 0.3 is 5.69 Å². The Balaban J connectivity index is 1.57. The largest absolute Gasteiger partial charge is 0.373 e. The molecule has 8 heteroatoms. The lowest BCUT2D eigenvalue weighted by Gasteiger charge is -2.32. The highest BCUT2D eigenvalue weighted by Gasteiger charge is 2.26. The molecule has 3 rings (SSSR count). The van der Waals surface area contributed by atoms with E-state index in [1.807, 2.05) is 4.90 Å². The van der Waals surface area contributed by atoms with Gasteiger partial charge < -0.3 is 9.64 Å². The van der Waals surface area contributed by atoms with Crippen molar-refractivity contribution in [3.63, 3.8) is 0 Å². The molecule has 1 aliphatic rings. The highest BCUT2D eigenvalue weighted by molar-refractivity contribution is 9.10. The highest BCUT2D eigenvalue weighted by atomic mass is 79.9. The molecule has 0 unspecified atom stereocenters. The van der Waals surface area contributed by atoms with Crippen LogP contribution in [0.3, 0.4) is 0 Å². The predicted octanol–water partition coefficient (Wildman–Crippen LogP) is 4.08. The quantitative estimate of drug-likeness (QED) is 0.549. The molecule has 1 aromatic heterocycles. The van der Waals surface area contributed by atoms with E-state index in [9.17, 15) is 14.5 Å². The number of rotatable bonds is 5. The van der Waals surface area contributed by atoms with Gasteiger partial charge in [-0.3, -0.25) is 10.1 Å². The summed E-state index contributed by atoms with van der Waals surface area (Å²) < 4.78 is 19.4. The van der Waals surface area contributed by atoms with Gasteiger partial charge in [-0.05, 0) is 46.5 Å². The zero-order valence-corrected chi connectivity index (χ0v) is 15.0. The lowest BCUT2D eigenvalue weighted by atomic mass is 10.1. The van der Waals surface area contributed by atoms with Crippen LogP contribution in [-0.2, 0) is 11.3 Å². The molecule has 0 aliphatic carbocycles. The number of halogens is 2. The second-order valence-corrected chi connectivity index (χ2v) is 6.79. The normalized spacial score (nSPS) is 15.4. The number of nitrogens with zero attached hydrogens (tertiary/aromatic N) is 3. The second-order valence-electron chi connectivity index (χ2n) is 5.88. The molecule has 1 fully saturated rings. The van der Waals surface area contributed by atoms with Crippen molar-refractivity contribution in [2.24, 2.45) is 0 Å². The third-order valence-electron chi connectivity index (χ3n) is 4.15. The molecule has 6 nitrogen and oxygen atoms in total. The summed E-state index contributed by atoms with van der Waals surface area (Å²) in [6.07, 6.45) is 3.17. The molecule has 0 N–H and O–H groups in total. The van der Waals surface area contributed by atoms with Crippen molar-refractivity contribution in [2.75, 3.05) is 18.0 Å². The van der Waals surface area contributed by atoms with Crippen LogP contribution >= 0.6 is 15.9 Å². The Bertz CT molecular complexity index is 749. The molecule has 1 aliphatic heterocycles. The lowest BCUT2D eigenvalue weighted by Crippen LogP contribution is -2.37. The molecule has 0 bridgehead atoms. The molecule has 0 amide bonds. The number of hydrogen-bond donors (Lipinski definition) is 0. The predicted molar refractivity (Wildman–Crippen MR) is 95.0 cm³/mol. The van der Waals surface area contributed by atoms with E-state index in [-0.39, 0.29) is 17.6 Å². The van der Waals surface area contributed by atoms with Crippen LogP contribution in [0.25, 0.3) is 0 Å². The average molecular weight is 410 g/mol. The van der Waals surface area contributed by atoms with Crippen LogP contribution in [0.2, 0.25) is 0 Å². The third-order valence-corrected chi connectivity index (χ3v) is 4.58. The number of benzene rings is 1. The standard InChI is InChI=1S/C17H17BrFN3O3/c18-13-9-16(22(23)24)17(20-10-13)21-7-5-15(6-8-21)25-11-12-1-3-14(19)4-2-12/h1-4,9-10,15H,5-8,11H2. The van der Waals surface area contributed by atoms with Crippen molar-refractivity contribution < 1.29 is 14.1 Å². The average Bonchev–Trinajstić information content (AvgIpc) is 2.62. The topological polar surface area (TPSA) is 68.5 Å². The highest BCUT2D eigenvalue weighted by Crippen LogP contribution is 2.30.